The predicted molar refractivity (Wildman–Crippen MR) is 160 cm³/mol. The molecule has 1 aliphatic heterocycles. The molecular weight excluding hydrogens is 554 g/mol. The number of nitrogens with one attached hydrogen (secondary N) is 2. The fourth-order valence-corrected chi connectivity index (χ4v) is 5.42. The summed E-state index contributed by atoms with van der Waals surface area (Å²) in [5, 5.41) is 5.53. The van der Waals surface area contributed by atoms with Crippen LogP contribution in [-0.4, -0.2) is 70.3 Å². The summed E-state index contributed by atoms with van der Waals surface area (Å²) in [5.41, 5.74) is 2.50. The van der Waals surface area contributed by atoms with E-state index in [4.69, 9.17) is 0 Å². The largest absolute Gasteiger partial charge is 0.340 e. The maximum Gasteiger partial charge on any atom is 0.258 e. The number of aromatic nitrogens is 1. The summed E-state index contributed by atoms with van der Waals surface area (Å²) < 4.78 is 27.0. The van der Waals surface area contributed by atoms with Crippen LogP contribution in [0.5, 0.6) is 0 Å². The van der Waals surface area contributed by atoms with Gasteiger partial charge in [-0.25, -0.2) is 13.8 Å². The monoisotopic (exact) mass is 596 g/mol. The Kier molecular flexibility index (Phi) is 12.7. The molecule has 2 heterocycles. The highest BCUT2D eigenvalue weighted by atomic mass is 32.2. The Bertz CT molecular complexity index is 1150. The molecule has 1 aromatic heterocycles. The van der Waals surface area contributed by atoms with E-state index < -0.39 is 28.4 Å². The van der Waals surface area contributed by atoms with Gasteiger partial charge in [0.2, 0.25) is 5.91 Å². The van der Waals surface area contributed by atoms with Crippen molar-refractivity contribution in [2.24, 2.45) is 0 Å². The third-order valence-electron chi connectivity index (χ3n) is 7.01. The molecule has 2 aromatic rings. The first-order chi connectivity index (χ1) is 19.0. The van der Waals surface area contributed by atoms with E-state index in [0.29, 0.717) is 25.1 Å². The summed E-state index contributed by atoms with van der Waals surface area (Å²) in [7, 11) is 1.81. The van der Waals surface area contributed by atoms with E-state index in [1.54, 1.807) is 18.6 Å². The minimum atomic E-state index is -1.82. The fourth-order valence-electron chi connectivity index (χ4n) is 4.22. The maximum absolute atomic E-state index is 13.9. The number of aryl methyl sites for hydroxylation is 1. The zero-order valence-corrected chi connectivity index (χ0v) is 26.1. The van der Waals surface area contributed by atoms with Crippen molar-refractivity contribution in [3.8, 4) is 10.4 Å². The zero-order valence-electron chi connectivity index (χ0n) is 24.5. The van der Waals surface area contributed by atoms with Gasteiger partial charge in [-0.3, -0.25) is 9.59 Å². The Balaban J connectivity index is 0.000000275. The number of amides is 2. The number of alkyl halides is 1. The fraction of sp³-hybridized carbons (Fsp3) is 0.586. The molecule has 2 unspecified atom stereocenters. The minimum absolute atomic E-state index is 0.167. The molecule has 1 aliphatic carbocycles. The van der Waals surface area contributed by atoms with Gasteiger partial charge in [0.25, 0.3) is 5.91 Å². The van der Waals surface area contributed by atoms with E-state index in [-0.39, 0.29) is 24.6 Å². The van der Waals surface area contributed by atoms with Crippen molar-refractivity contribution in [3.05, 3.63) is 40.8 Å². The Morgan fingerprint density at radius 2 is 2.00 bits per heavy atom. The highest BCUT2D eigenvalue weighted by molar-refractivity contribution is 8.00. The number of aldehydes is 1. The second-order valence-electron chi connectivity index (χ2n) is 10.2. The molecule has 0 spiro atoms. The van der Waals surface area contributed by atoms with Gasteiger partial charge in [0.15, 0.2) is 5.67 Å². The van der Waals surface area contributed by atoms with Crippen molar-refractivity contribution in [2.75, 3.05) is 19.8 Å². The van der Waals surface area contributed by atoms with Gasteiger partial charge < -0.3 is 20.3 Å². The average Bonchev–Trinajstić information content (AvgIpc) is 3.32. The smallest absolute Gasteiger partial charge is 0.258 e. The van der Waals surface area contributed by atoms with Gasteiger partial charge >= 0.3 is 0 Å². The molecule has 0 bridgehead atoms. The number of nitrogens with zero attached hydrogens (tertiary/aromatic N) is 2. The van der Waals surface area contributed by atoms with Crippen LogP contribution in [0.1, 0.15) is 64.6 Å². The highest BCUT2D eigenvalue weighted by Crippen LogP contribution is 2.40. The van der Waals surface area contributed by atoms with E-state index in [9.17, 15) is 23.2 Å². The van der Waals surface area contributed by atoms with Crippen LogP contribution in [-0.2, 0) is 20.9 Å². The van der Waals surface area contributed by atoms with Crippen LogP contribution in [0, 0.1) is 12.7 Å². The lowest BCUT2D eigenvalue weighted by Gasteiger charge is -2.36. The zero-order chi connectivity index (χ0) is 30.1. The molecule has 2 aliphatic rings. The van der Waals surface area contributed by atoms with Crippen molar-refractivity contribution < 1.29 is 23.2 Å². The van der Waals surface area contributed by atoms with Gasteiger partial charge in [0.05, 0.1) is 22.1 Å². The van der Waals surface area contributed by atoms with Crippen LogP contribution in [0.25, 0.3) is 10.4 Å². The lowest BCUT2D eigenvalue weighted by Crippen LogP contribution is -2.59. The van der Waals surface area contributed by atoms with Crippen LogP contribution in [0.15, 0.2) is 23.7 Å². The molecule has 4 rings (SSSR count). The molecule has 1 saturated carbocycles. The summed E-state index contributed by atoms with van der Waals surface area (Å²) in [6.45, 7) is 10.7. The maximum atomic E-state index is 13.9. The second-order valence-corrected chi connectivity index (χ2v) is 12.5. The van der Waals surface area contributed by atoms with Crippen molar-refractivity contribution in [3.63, 3.8) is 0 Å². The van der Waals surface area contributed by atoms with Crippen LogP contribution in [0.2, 0.25) is 0 Å². The summed E-state index contributed by atoms with van der Waals surface area (Å²) in [6.07, 6.45) is 4.44. The molecule has 11 heteroatoms. The molecule has 0 radical (unpaired) electrons. The number of hydrogen-bond donors (Lipinski definition) is 2. The lowest BCUT2D eigenvalue weighted by atomic mass is 10.0. The summed E-state index contributed by atoms with van der Waals surface area (Å²) in [6, 6.07) is 4.05. The second kappa shape index (κ2) is 15.0. The number of rotatable bonds is 9. The lowest BCUT2D eigenvalue weighted by molar-refractivity contribution is -0.140. The molecular formula is C29H42F2N4O3S2. The number of likely N-dealkylation sites (tertiary alicyclic amines) is 1. The Morgan fingerprint density at radius 1 is 1.32 bits per heavy atom. The minimum Gasteiger partial charge on any atom is -0.340 e. The predicted octanol–water partition coefficient (Wildman–Crippen LogP) is 5.31. The van der Waals surface area contributed by atoms with Crippen molar-refractivity contribution in [2.45, 2.75) is 89.3 Å². The van der Waals surface area contributed by atoms with Gasteiger partial charge in [-0.1, -0.05) is 26.0 Å². The summed E-state index contributed by atoms with van der Waals surface area (Å²) in [5.74, 6) is -1.18. The molecule has 2 N–H and O–H groups in total. The van der Waals surface area contributed by atoms with Crippen LogP contribution in [0.4, 0.5) is 8.78 Å². The van der Waals surface area contributed by atoms with E-state index in [1.165, 1.54) is 28.0 Å². The Hall–Kier alpha value is -2.37. The highest BCUT2D eigenvalue weighted by Gasteiger charge is 2.53. The van der Waals surface area contributed by atoms with E-state index in [0.717, 1.165) is 28.8 Å². The van der Waals surface area contributed by atoms with Crippen LogP contribution in [0.3, 0.4) is 0 Å². The van der Waals surface area contributed by atoms with Crippen molar-refractivity contribution >= 4 is 41.2 Å². The average molecular weight is 597 g/mol. The number of thiazole rings is 1. The topological polar surface area (TPSA) is 91.4 Å². The standard InChI is InChI=1S/C15H23FN2O3S.C12H13FN2S.C2H6/c1-14(2,22-3)11(17-13(21)15(16)6-7-15)12(20)18-8-4-5-10(18)9-19;1-8-12(16-7-15-8)9-3-4-10(6-14-2)11(13)5-9;1-2/h9-11H,4-8H2,1-3H3,(H,17,21);3-5,7,14H,6H2,1-2H3;1-2H3. The normalized spacial score (nSPS) is 18.0. The van der Waals surface area contributed by atoms with Gasteiger partial charge in [-0.2, -0.15) is 11.8 Å². The first kappa shape index (κ1) is 33.8. The number of carbonyl (C=O) groups is 3. The summed E-state index contributed by atoms with van der Waals surface area (Å²) in [4.78, 5) is 42.7. The van der Waals surface area contributed by atoms with Crippen LogP contribution >= 0.6 is 23.1 Å². The van der Waals surface area contributed by atoms with Gasteiger partial charge in [0.1, 0.15) is 18.1 Å². The van der Waals surface area contributed by atoms with Crippen molar-refractivity contribution in [1.82, 2.24) is 20.5 Å². The van der Waals surface area contributed by atoms with E-state index in [1.807, 2.05) is 53.0 Å². The number of halogens is 2. The number of carbonyl (C=O) groups excluding carboxylic acids is 3. The molecule has 1 aromatic carbocycles. The van der Waals surface area contributed by atoms with E-state index >= 15 is 0 Å². The van der Waals surface area contributed by atoms with E-state index in [2.05, 4.69) is 15.6 Å². The molecule has 2 amide bonds. The molecule has 2 atom stereocenters. The molecule has 2 fully saturated rings. The molecule has 1 saturated heterocycles. The SMILES string of the molecule is CC.CNCc1ccc(-c2scnc2C)cc1F.CSC(C)(C)C(NC(=O)C1(F)CC1)C(=O)N1CCCC1C=O. The molecule has 7 nitrogen and oxygen atoms in total. The third kappa shape index (κ3) is 8.33. The quantitative estimate of drug-likeness (QED) is 0.382. The Morgan fingerprint density at radius 3 is 2.50 bits per heavy atom. The third-order valence-corrected chi connectivity index (χ3v) is 9.27. The summed E-state index contributed by atoms with van der Waals surface area (Å²) >= 11 is 2.97. The first-order valence-electron chi connectivity index (χ1n) is 13.6. The number of thioether (sulfide) groups is 1. The number of benzene rings is 1. The van der Waals surface area contributed by atoms with Gasteiger partial charge in [-0.05, 0) is 71.4 Å². The van der Waals surface area contributed by atoms with Gasteiger partial charge in [-0.15, -0.1) is 11.3 Å². The molecule has 40 heavy (non-hydrogen) atoms. The number of hydrogen-bond acceptors (Lipinski definition) is 7. The Labute approximate surface area is 244 Å². The van der Waals surface area contributed by atoms with Gasteiger partial charge in [0, 0.05) is 23.4 Å². The van der Waals surface area contributed by atoms with Crippen LogP contribution < -0.4 is 10.6 Å². The van der Waals surface area contributed by atoms with Crippen molar-refractivity contribution in [1.29, 1.82) is 0 Å². The first-order valence-corrected chi connectivity index (χ1v) is 15.7. The molecule has 222 valence electrons.